The zero-order valence-corrected chi connectivity index (χ0v) is 12.4. The molecule has 1 fully saturated rings. The van der Waals surface area contributed by atoms with E-state index in [1.807, 2.05) is 0 Å². The van der Waals surface area contributed by atoms with Crippen molar-refractivity contribution in [3.05, 3.63) is 0 Å². The quantitative estimate of drug-likeness (QED) is 0.717. The van der Waals surface area contributed by atoms with Gasteiger partial charge in [-0.3, -0.25) is 4.90 Å². The Morgan fingerprint density at radius 2 is 1.94 bits per heavy atom. The fourth-order valence-corrected chi connectivity index (χ4v) is 2.63. The van der Waals surface area contributed by atoms with Crippen LogP contribution in [0.15, 0.2) is 0 Å². The molecule has 1 aliphatic heterocycles. The molecule has 1 saturated heterocycles. The molecule has 0 aromatic heterocycles. The van der Waals surface area contributed by atoms with Crippen molar-refractivity contribution in [3.63, 3.8) is 0 Å². The Morgan fingerprint density at radius 3 is 2.59 bits per heavy atom. The number of hydrogen-bond donors (Lipinski definition) is 1. The Hall–Kier alpha value is -0.0800. The standard InChI is InChI=1S/C15H32N2/c1-5-14-8-6-7-12-17(14)13-11-16-10-9-15(2,3)4/h14,16H,5-13H2,1-4H3. The van der Waals surface area contributed by atoms with Gasteiger partial charge in [0.15, 0.2) is 0 Å². The molecule has 2 nitrogen and oxygen atoms in total. The monoisotopic (exact) mass is 240 g/mol. The third-order valence-electron chi connectivity index (χ3n) is 3.85. The summed E-state index contributed by atoms with van der Waals surface area (Å²) in [4.78, 5) is 2.69. The maximum absolute atomic E-state index is 3.59. The third-order valence-corrected chi connectivity index (χ3v) is 3.85. The van der Waals surface area contributed by atoms with E-state index in [0.717, 1.165) is 19.1 Å². The summed E-state index contributed by atoms with van der Waals surface area (Å²) >= 11 is 0. The number of likely N-dealkylation sites (tertiary alicyclic amines) is 1. The maximum Gasteiger partial charge on any atom is 0.0110 e. The Balaban J connectivity index is 2.08. The van der Waals surface area contributed by atoms with E-state index in [2.05, 4.69) is 37.9 Å². The zero-order valence-electron chi connectivity index (χ0n) is 12.4. The predicted octanol–water partition coefficient (Wildman–Crippen LogP) is 3.28. The summed E-state index contributed by atoms with van der Waals surface area (Å²) in [5, 5.41) is 3.59. The van der Waals surface area contributed by atoms with Crippen LogP contribution in [0.1, 0.15) is 59.8 Å². The van der Waals surface area contributed by atoms with Gasteiger partial charge < -0.3 is 5.32 Å². The highest BCUT2D eigenvalue weighted by Crippen LogP contribution is 2.19. The summed E-state index contributed by atoms with van der Waals surface area (Å²) in [5.74, 6) is 0. The molecule has 1 N–H and O–H groups in total. The Morgan fingerprint density at radius 1 is 1.18 bits per heavy atom. The van der Waals surface area contributed by atoms with Crippen LogP contribution in [0.2, 0.25) is 0 Å². The van der Waals surface area contributed by atoms with Crippen molar-refractivity contribution in [1.82, 2.24) is 10.2 Å². The number of piperidine rings is 1. The van der Waals surface area contributed by atoms with Crippen LogP contribution >= 0.6 is 0 Å². The summed E-state index contributed by atoms with van der Waals surface area (Å²) in [5.41, 5.74) is 0.462. The van der Waals surface area contributed by atoms with E-state index in [4.69, 9.17) is 0 Å². The molecule has 0 spiro atoms. The van der Waals surface area contributed by atoms with Crippen molar-refractivity contribution in [2.75, 3.05) is 26.2 Å². The minimum atomic E-state index is 0.462. The molecule has 0 aliphatic carbocycles. The van der Waals surface area contributed by atoms with E-state index in [1.54, 1.807) is 0 Å². The lowest BCUT2D eigenvalue weighted by atomic mass is 9.92. The molecule has 1 rings (SSSR count). The van der Waals surface area contributed by atoms with Crippen LogP contribution < -0.4 is 5.32 Å². The molecule has 17 heavy (non-hydrogen) atoms. The lowest BCUT2D eigenvalue weighted by molar-refractivity contribution is 0.144. The summed E-state index contributed by atoms with van der Waals surface area (Å²) < 4.78 is 0. The number of nitrogens with one attached hydrogen (secondary N) is 1. The second-order valence-corrected chi connectivity index (χ2v) is 6.65. The number of nitrogens with zero attached hydrogens (tertiary/aromatic N) is 1. The molecule has 1 unspecified atom stereocenters. The first-order valence-corrected chi connectivity index (χ1v) is 7.47. The van der Waals surface area contributed by atoms with E-state index in [-0.39, 0.29) is 0 Å². The first kappa shape index (κ1) is 15.0. The second kappa shape index (κ2) is 7.38. The summed E-state index contributed by atoms with van der Waals surface area (Å²) in [6.45, 7) is 14.1. The highest BCUT2D eigenvalue weighted by Gasteiger charge is 2.19. The van der Waals surface area contributed by atoms with Crippen molar-refractivity contribution in [2.24, 2.45) is 5.41 Å². The lowest BCUT2D eigenvalue weighted by Gasteiger charge is -2.35. The average Bonchev–Trinajstić information content (AvgIpc) is 2.27. The molecular formula is C15H32N2. The first-order valence-electron chi connectivity index (χ1n) is 7.47. The van der Waals surface area contributed by atoms with Crippen molar-refractivity contribution >= 4 is 0 Å². The summed E-state index contributed by atoms with van der Waals surface area (Å²) in [7, 11) is 0. The molecule has 0 saturated carbocycles. The number of hydrogen-bond acceptors (Lipinski definition) is 2. The largest absolute Gasteiger partial charge is 0.315 e. The van der Waals surface area contributed by atoms with Gasteiger partial charge in [0.2, 0.25) is 0 Å². The highest BCUT2D eigenvalue weighted by molar-refractivity contribution is 4.76. The van der Waals surface area contributed by atoms with Crippen LogP contribution in [0, 0.1) is 5.41 Å². The predicted molar refractivity (Wildman–Crippen MR) is 76.4 cm³/mol. The van der Waals surface area contributed by atoms with Crippen LogP contribution in [0.4, 0.5) is 0 Å². The van der Waals surface area contributed by atoms with Crippen LogP contribution in [-0.2, 0) is 0 Å². The summed E-state index contributed by atoms with van der Waals surface area (Å²) in [6, 6.07) is 0.855. The molecule has 0 radical (unpaired) electrons. The van der Waals surface area contributed by atoms with E-state index >= 15 is 0 Å². The van der Waals surface area contributed by atoms with Gasteiger partial charge in [-0.05, 0) is 44.2 Å². The molecule has 2 heteroatoms. The fourth-order valence-electron chi connectivity index (χ4n) is 2.63. The van der Waals surface area contributed by atoms with E-state index in [1.165, 1.54) is 45.2 Å². The Kier molecular flexibility index (Phi) is 6.50. The molecule has 0 aromatic carbocycles. The lowest BCUT2D eigenvalue weighted by Crippen LogP contribution is -2.43. The highest BCUT2D eigenvalue weighted by atomic mass is 15.2. The van der Waals surface area contributed by atoms with Crippen LogP contribution in [0.3, 0.4) is 0 Å². The topological polar surface area (TPSA) is 15.3 Å². The van der Waals surface area contributed by atoms with Crippen LogP contribution in [-0.4, -0.2) is 37.1 Å². The van der Waals surface area contributed by atoms with Gasteiger partial charge >= 0.3 is 0 Å². The third kappa shape index (κ3) is 6.42. The minimum absolute atomic E-state index is 0.462. The van der Waals surface area contributed by atoms with E-state index in [0.29, 0.717) is 5.41 Å². The van der Waals surface area contributed by atoms with Gasteiger partial charge in [-0.25, -0.2) is 0 Å². The molecule has 1 heterocycles. The van der Waals surface area contributed by atoms with Crippen molar-refractivity contribution < 1.29 is 0 Å². The second-order valence-electron chi connectivity index (χ2n) is 6.65. The van der Waals surface area contributed by atoms with E-state index < -0.39 is 0 Å². The van der Waals surface area contributed by atoms with Gasteiger partial charge in [-0.2, -0.15) is 0 Å². The molecule has 0 bridgehead atoms. The number of rotatable bonds is 6. The van der Waals surface area contributed by atoms with Gasteiger partial charge in [0.1, 0.15) is 0 Å². The normalized spacial score (nSPS) is 22.9. The Bertz CT molecular complexity index is 196. The van der Waals surface area contributed by atoms with Crippen LogP contribution in [0.25, 0.3) is 0 Å². The van der Waals surface area contributed by atoms with Crippen LogP contribution in [0.5, 0.6) is 0 Å². The molecule has 1 atom stereocenters. The molecule has 102 valence electrons. The minimum Gasteiger partial charge on any atom is -0.315 e. The van der Waals surface area contributed by atoms with Gasteiger partial charge in [-0.15, -0.1) is 0 Å². The average molecular weight is 240 g/mol. The first-order chi connectivity index (χ1) is 8.03. The van der Waals surface area contributed by atoms with Crippen molar-refractivity contribution in [2.45, 2.75) is 65.8 Å². The fraction of sp³-hybridized carbons (Fsp3) is 1.00. The van der Waals surface area contributed by atoms with E-state index in [9.17, 15) is 0 Å². The van der Waals surface area contributed by atoms with Gasteiger partial charge in [0.05, 0.1) is 0 Å². The summed E-state index contributed by atoms with van der Waals surface area (Å²) in [6.07, 6.45) is 6.84. The van der Waals surface area contributed by atoms with Gasteiger partial charge in [0, 0.05) is 19.1 Å². The van der Waals surface area contributed by atoms with Crippen molar-refractivity contribution in [3.8, 4) is 0 Å². The molecular weight excluding hydrogens is 208 g/mol. The van der Waals surface area contributed by atoms with Gasteiger partial charge in [0.25, 0.3) is 0 Å². The Labute approximate surface area is 108 Å². The smallest absolute Gasteiger partial charge is 0.0110 e. The van der Waals surface area contributed by atoms with Crippen molar-refractivity contribution in [1.29, 1.82) is 0 Å². The SMILES string of the molecule is CCC1CCCCN1CCNCCC(C)(C)C. The molecule has 0 aromatic rings. The van der Waals surface area contributed by atoms with Gasteiger partial charge in [-0.1, -0.05) is 34.1 Å². The molecule has 0 amide bonds. The maximum atomic E-state index is 3.59. The molecule has 1 aliphatic rings. The zero-order chi connectivity index (χ0) is 12.7.